The highest BCUT2D eigenvalue weighted by Crippen LogP contribution is 2.62. The Morgan fingerprint density at radius 3 is 2.21 bits per heavy atom. The Bertz CT molecular complexity index is 269. The molecule has 2 bridgehead atoms. The van der Waals surface area contributed by atoms with E-state index in [-0.39, 0.29) is 17.0 Å². The molecule has 0 amide bonds. The summed E-state index contributed by atoms with van der Waals surface area (Å²) in [6.45, 7) is 8.14. The van der Waals surface area contributed by atoms with Gasteiger partial charge in [-0.15, -0.1) is 0 Å². The molecule has 0 spiro atoms. The summed E-state index contributed by atoms with van der Waals surface area (Å²) in [4.78, 5) is 11.1. The summed E-state index contributed by atoms with van der Waals surface area (Å²) < 4.78 is 5.61. The molecule has 2 aliphatic carbocycles. The number of fused-ring (bicyclic) bond motifs is 2. The van der Waals surface area contributed by atoms with Gasteiger partial charge in [0.05, 0.1) is 0 Å². The van der Waals surface area contributed by atoms with Gasteiger partial charge < -0.3 is 4.74 Å². The van der Waals surface area contributed by atoms with Gasteiger partial charge in [0.25, 0.3) is 0 Å². The number of carbonyl (C=O) groups is 1. The van der Waals surface area contributed by atoms with Crippen LogP contribution < -0.4 is 0 Å². The van der Waals surface area contributed by atoms with Crippen LogP contribution in [0.1, 0.15) is 47.0 Å². The Morgan fingerprint density at radius 1 is 1.21 bits per heavy atom. The van der Waals surface area contributed by atoms with Crippen LogP contribution in [0.5, 0.6) is 0 Å². The molecular formula is C12H20O2. The van der Waals surface area contributed by atoms with Gasteiger partial charge in [-0.25, -0.2) is 0 Å². The van der Waals surface area contributed by atoms with Crippen molar-refractivity contribution in [2.75, 3.05) is 0 Å². The lowest BCUT2D eigenvalue weighted by Gasteiger charge is -2.46. The van der Waals surface area contributed by atoms with Crippen LogP contribution in [-0.2, 0) is 9.53 Å². The monoisotopic (exact) mass is 196 g/mol. The predicted molar refractivity (Wildman–Crippen MR) is 54.8 cm³/mol. The van der Waals surface area contributed by atoms with E-state index >= 15 is 0 Å². The van der Waals surface area contributed by atoms with Crippen molar-refractivity contribution in [2.45, 2.75) is 52.6 Å². The van der Waals surface area contributed by atoms with Crippen molar-refractivity contribution in [1.82, 2.24) is 0 Å². The van der Waals surface area contributed by atoms with Gasteiger partial charge in [0, 0.05) is 12.3 Å². The summed E-state index contributed by atoms with van der Waals surface area (Å²) in [5, 5.41) is 0. The number of hydrogen-bond donors (Lipinski definition) is 0. The van der Waals surface area contributed by atoms with Gasteiger partial charge >= 0.3 is 5.97 Å². The maximum Gasteiger partial charge on any atom is 0.303 e. The van der Waals surface area contributed by atoms with Crippen molar-refractivity contribution in [1.29, 1.82) is 0 Å². The molecule has 2 fully saturated rings. The van der Waals surface area contributed by atoms with Crippen molar-refractivity contribution < 1.29 is 9.53 Å². The normalized spacial score (nSPS) is 44.0. The summed E-state index contributed by atoms with van der Waals surface area (Å²) in [6, 6.07) is 0. The second-order valence-corrected chi connectivity index (χ2v) is 5.63. The van der Waals surface area contributed by atoms with Crippen LogP contribution in [0.4, 0.5) is 0 Å². The first-order chi connectivity index (χ1) is 6.38. The minimum atomic E-state index is -0.220. The molecule has 2 saturated carbocycles. The largest absolute Gasteiger partial charge is 0.459 e. The zero-order valence-corrected chi connectivity index (χ0v) is 9.59. The first kappa shape index (κ1) is 10.0. The van der Waals surface area contributed by atoms with E-state index in [9.17, 15) is 4.79 Å². The maximum absolute atomic E-state index is 11.1. The predicted octanol–water partition coefficient (Wildman–Crippen LogP) is 2.76. The van der Waals surface area contributed by atoms with Crippen LogP contribution in [0.2, 0.25) is 0 Å². The number of hydrogen-bond acceptors (Lipinski definition) is 2. The smallest absolute Gasteiger partial charge is 0.303 e. The van der Waals surface area contributed by atoms with E-state index in [2.05, 4.69) is 20.8 Å². The molecule has 0 saturated heterocycles. The molecule has 3 unspecified atom stereocenters. The molecule has 2 rings (SSSR count). The third kappa shape index (κ3) is 1.06. The van der Waals surface area contributed by atoms with Crippen LogP contribution in [-0.4, -0.2) is 11.6 Å². The number of carbonyl (C=O) groups excluding carboxylic acids is 1. The van der Waals surface area contributed by atoms with Crippen LogP contribution in [0, 0.1) is 17.3 Å². The quantitative estimate of drug-likeness (QED) is 0.603. The fraction of sp³-hybridized carbons (Fsp3) is 0.917. The van der Waals surface area contributed by atoms with Gasteiger partial charge in [-0.2, -0.15) is 0 Å². The molecule has 0 aliphatic heterocycles. The number of esters is 1. The molecule has 80 valence electrons. The lowest BCUT2D eigenvalue weighted by Crippen LogP contribution is -2.49. The van der Waals surface area contributed by atoms with E-state index in [1.165, 1.54) is 26.2 Å². The Labute approximate surface area is 86.0 Å². The molecule has 2 nitrogen and oxygen atoms in total. The average Bonchev–Trinajstić information content (AvgIpc) is 2.54. The summed E-state index contributed by atoms with van der Waals surface area (Å²) in [5.41, 5.74) is -0.0661. The molecular weight excluding hydrogens is 176 g/mol. The van der Waals surface area contributed by atoms with E-state index in [1.807, 2.05) is 0 Å². The Balaban J connectivity index is 2.29. The lowest BCUT2D eigenvalue weighted by atomic mass is 9.66. The standard InChI is InChI=1S/C12H20O2/c1-8(13)14-12(4)10-6-5-9(7-10)11(12,2)3/h9-10H,5-7H2,1-4H3. The van der Waals surface area contributed by atoms with Gasteiger partial charge in [0.2, 0.25) is 0 Å². The molecule has 2 heteroatoms. The molecule has 0 aromatic carbocycles. The number of rotatable bonds is 1. The van der Waals surface area contributed by atoms with E-state index in [4.69, 9.17) is 4.74 Å². The third-order valence-electron chi connectivity index (χ3n) is 4.87. The Hall–Kier alpha value is -0.530. The molecule has 14 heavy (non-hydrogen) atoms. The van der Waals surface area contributed by atoms with E-state index < -0.39 is 0 Å². The van der Waals surface area contributed by atoms with Crippen molar-refractivity contribution in [3.8, 4) is 0 Å². The minimum absolute atomic E-state index is 0.131. The van der Waals surface area contributed by atoms with E-state index in [0.717, 1.165) is 5.92 Å². The highest BCUT2D eigenvalue weighted by atomic mass is 16.6. The third-order valence-corrected chi connectivity index (χ3v) is 4.87. The van der Waals surface area contributed by atoms with Gasteiger partial charge in [-0.05, 0) is 38.0 Å². The second-order valence-electron chi connectivity index (χ2n) is 5.63. The Morgan fingerprint density at radius 2 is 1.79 bits per heavy atom. The SMILES string of the molecule is CC(=O)OC1(C)C2CCC(C2)C1(C)C. The minimum Gasteiger partial charge on any atom is -0.459 e. The fourth-order valence-electron chi connectivity index (χ4n) is 3.58. The van der Waals surface area contributed by atoms with Gasteiger partial charge in [0.1, 0.15) is 5.60 Å². The van der Waals surface area contributed by atoms with Crippen LogP contribution >= 0.6 is 0 Å². The highest BCUT2D eigenvalue weighted by Gasteiger charge is 2.62. The lowest BCUT2D eigenvalue weighted by molar-refractivity contribution is -0.177. The molecule has 0 N–H and O–H groups in total. The molecule has 0 aromatic rings. The summed E-state index contributed by atoms with van der Waals surface area (Å²) in [6.07, 6.45) is 3.79. The van der Waals surface area contributed by atoms with Crippen LogP contribution in [0.3, 0.4) is 0 Å². The zero-order valence-electron chi connectivity index (χ0n) is 9.59. The number of ether oxygens (including phenoxy) is 1. The van der Waals surface area contributed by atoms with Crippen molar-refractivity contribution in [3.63, 3.8) is 0 Å². The van der Waals surface area contributed by atoms with Gasteiger partial charge in [0.15, 0.2) is 0 Å². The molecule has 0 heterocycles. The average molecular weight is 196 g/mol. The van der Waals surface area contributed by atoms with Gasteiger partial charge in [-0.1, -0.05) is 13.8 Å². The Kier molecular flexibility index (Phi) is 1.96. The highest BCUT2D eigenvalue weighted by molar-refractivity contribution is 5.66. The first-order valence-corrected chi connectivity index (χ1v) is 5.57. The fourth-order valence-corrected chi connectivity index (χ4v) is 3.58. The molecule has 0 aromatic heterocycles. The summed E-state index contributed by atoms with van der Waals surface area (Å²) in [5.74, 6) is 1.20. The second kappa shape index (κ2) is 2.74. The van der Waals surface area contributed by atoms with Crippen LogP contribution in [0.15, 0.2) is 0 Å². The van der Waals surface area contributed by atoms with Gasteiger partial charge in [-0.3, -0.25) is 4.79 Å². The molecule has 0 radical (unpaired) electrons. The van der Waals surface area contributed by atoms with Crippen molar-refractivity contribution in [3.05, 3.63) is 0 Å². The first-order valence-electron chi connectivity index (χ1n) is 5.57. The van der Waals surface area contributed by atoms with E-state index in [1.54, 1.807) is 0 Å². The zero-order chi connectivity index (χ0) is 10.6. The molecule has 3 atom stereocenters. The summed E-state index contributed by atoms with van der Waals surface area (Å²) >= 11 is 0. The van der Waals surface area contributed by atoms with Crippen molar-refractivity contribution in [2.24, 2.45) is 17.3 Å². The summed E-state index contributed by atoms with van der Waals surface area (Å²) in [7, 11) is 0. The van der Waals surface area contributed by atoms with Crippen molar-refractivity contribution >= 4 is 5.97 Å². The van der Waals surface area contributed by atoms with E-state index in [0.29, 0.717) is 5.92 Å². The maximum atomic E-state index is 11.1. The molecule has 2 aliphatic rings. The topological polar surface area (TPSA) is 26.3 Å². The van der Waals surface area contributed by atoms with Crippen LogP contribution in [0.25, 0.3) is 0 Å².